The second-order valence-electron chi connectivity index (χ2n) is 3.75. The van der Waals surface area contributed by atoms with Gasteiger partial charge in [-0.3, -0.25) is 9.59 Å². The summed E-state index contributed by atoms with van der Waals surface area (Å²) >= 11 is 0. The first-order valence-electron chi connectivity index (χ1n) is 5.86. The molecule has 96 valence electrons. The maximum atomic E-state index is 10.2. The van der Waals surface area contributed by atoms with Crippen molar-refractivity contribution >= 4 is 11.9 Å². The second-order valence-corrected chi connectivity index (χ2v) is 3.75. The molecule has 0 aliphatic rings. The van der Waals surface area contributed by atoms with Gasteiger partial charge in [-0.2, -0.15) is 0 Å². The molecule has 0 aliphatic carbocycles. The molecule has 0 radical (unpaired) electrons. The fraction of sp³-hybridized carbons (Fsp3) is 0.538. The van der Waals surface area contributed by atoms with E-state index in [-0.39, 0.29) is 12.8 Å². The summed E-state index contributed by atoms with van der Waals surface area (Å²) < 4.78 is 0. The Bertz CT molecular complexity index is 279. The number of aliphatic carboxylic acids is 2. The zero-order chi connectivity index (χ0) is 12.9. The van der Waals surface area contributed by atoms with Crippen molar-refractivity contribution < 1.29 is 19.8 Å². The third-order valence-corrected chi connectivity index (χ3v) is 2.14. The van der Waals surface area contributed by atoms with Crippen molar-refractivity contribution in [3.8, 4) is 0 Å². The molecule has 4 heteroatoms. The summed E-state index contributed by atoms with van der Waals surface area (Å²) in [5.74, 6) is -1.51. The van der Waals surface area contributed by atoms with Crippen LogP contribution in [0.25, 0.3) is 0 Å². The molecule has 0 aromatic rings. The minimum Gasteiger partial charge on any atom is -0.481 e. The Morgan fingerprint density at radius 1 is 0.765 bits per heavy atom. The van der Waals surface area contributed by atoms with Gasteiger partial charge >= 0.3 is 11.9 Å². The molecule has 0 amide bonds. The van der Waals surface area contributed by atoms with Crippen molar-refractivity contribution in [3.05, 3.63) is 24.3 Å². The Morgan fingerprint density at radius 2 is 1.35 bits per heavy atom. The molecule has 0 unspecified atom stereocenters. The molecular formula is C13H20O4. The highest BCUT2D eigenvalue weighted by molar-refractivity contribution is 5.66. The quantitative estimate of drug-likeness (QED) is 0.454. The maximum absolute atomic E-state index is 10.2. The van der Waals surface area contributed by atoms with Gasteiger partial charge < -0.3 is 10.2 Å². The molecule has 0 bridgehead atoms. The number of hydrogen-bond acceptors (Lipinski definition) is 2. The topological polar surface area (TPSA) is 74.6 Å². The zero-order valence-corrected chi connectivity index (χ0v) is 9.97. The number of rotatable bonds is 10. The standard InChI is InChI=1S/C13H20O4/c14-12(15)10-8-6-4-2-1-3-5-7-9-11-13(16)17/h1-2,5,7H,3-4,6,8-11H2,(H,14,15)(H,16,17)/b2-1-,7-5-. The van der Waals surface area contributed by atoms with Gasteiger partial charge in [0.25, 0.3) is 0 Å². The second kappa shape index (κ2) is 10.9. The van der Waals surface area contributed by atoms with Gasteiger partial charge in [0.2, 0.25) is 0 Å². The molecule has 0 fully saturated rings. The van der Waals surface area contributed by atoms with Crippen molar-refractivity contribution in [1.82, 2.24) is 0 Å². The third kappa shape index (κ3) is 14.4. The highest BCUT2D eigenvalue weighted by Crippen LogP contribution is 2.01. The monoisotopic (exact) mass is 240 g/mol. The van der Waals surface area contributed by atoms with Crippen LogP contribution in [-0.2, 0) is 9.59 Å². The molecular weight excluding hydrogens is 220 g/mol. The summed E-state index contributed by atoms with van der Waals surface area (Å²) in [6, 6.07) is 0. The molecule has 0 saturated heterocycles. The van der Waals surface area contributed by atoms with Crippen molar-refractivity contribution in [2.24, 2.45) is 0 Å². The Labute approximate surface area is 102 Å². The maximum Gasteiger partial charge on any atom is 0.303 e. The summed E-state index contributed by atoms with van der Waals surface area (Å²) in [6.07, 6.45) is 12.1. The highest BCUT2D eigenvalue weighted by Gasteiger charge is 1.94. The van der Waals surface area contributed by atoms with Gasteiger partial charge in [0, 0.05) is 12.8 Å². The molecule has 0 aromatic heterocycles. The van der Waals surface area contributed by atoms with E-state index in [1.807, 2.05) is 24.3 Å². The number of carboxylic acid groups (broad SMARTS) is 2. The number of allylic oxidation sites excluding steroid dienone is 4. The average molecular weight is 240 g/mol. The van der Waals surface area contributed by atoms with Gasteiger partial charge in [0.05, 0.1) is 0 Å². The van der Waals surface area contributed by atoms with E-state index in [4.69, 9.17) is 10.2 Å². The molecule has 0 spiro atoms. The predicted octanol–water partition coefficient (Wildman–Crippen LogP) is 3.00. The lowest BCUT2D eigenvalue weighted by Crippen LogP contribution is -1.92. The zero-order valence-electron chi connectivity index (χ0n) is 9.97. The Kier molecular flexibility index (Phi) is 9.91. The van der Waals surface area contributed by atoms with Crippen LogP contribution in [0.5, 0.6) is 0 Å². The van der Waals surface area contributed by atoms with Crippen LogP contribution in [-0.4, -0.2) is 22.2 Å². The predicted molar refractivity (Wildman–Crippen MR) is 65.9 cm³/mol. The van der Waals surface area contributed by atoms with Crippen LogP contribution in [0, 0.1) is 0 Å². The lowest BCUT2D eigenvalue weighted by Gasteiger charge is -1.92. The van der Waals surface area contributed by atoms with Crippen LogP contribution < -0.4 is 0 Å². The van der Waals surface area contributed by atoms with Gasteiger partial charge in [-0.05, 0) is 32.1 Å². The van der Waals surface area contributed by atoms with E-state index in [2.05, 4.69) is 0 Å². The summed E-state index contributed by atoms with van der Waals surface area (Å²) in [6.45, 7) is 0. The lowest BCUT2D eigenvalue weighted by atomic mass is 10.2. The summed E-state index contributed by atoms with van der Waals surface area (Å²) in [5.41, 5.74) is 0. The van der Waals surface area contributed by atoms with E-state index < -0.39 is 11.9 Å². The van der Waals surface area contributed by atoms with Crippen molar-refractivity contribution in [2.75, 3.05) is 0 Å². The van der Waals surface area contributed by atoms with Crippen molar-refractivity contribution in [3.63, 3.8) is 0 Å². The molecule has 0 saturated carbocycles. The minimum atomic E-state index is -0.774. The van der Waals surface area contributed by atoms with Gasteiger partial charge in [-0.15, -0.1) is 0 Å². The normalized spacial score (nSPS) is 11.3. The van der Waals surface area contributed by atoms with Gasteiger partial charge in [-0.1, -0.05) is 24.3 Å². The van der Waals surface area contributed by atoms with E-state index in [9.17, 15) is 9.59 Å². The van der Waals surface area contributed by atoms with Crippen LogP contribution in [0.1, 0.15) is 44.9 Å². The molecule has 4 nitrogen and oxygen atoms in total. The average Bonchev–Trinajstić information content (AvgIpc) is 2.25. The van der Waals surface area contributed by atoms with E-state index >= 15 is 0 Å². The molecule has 0 heterocycles. The molecule has 2 N–H and O–H groups in total. The van der Waals surface area contributed by atoms with Crippen LogP contribution in [0.4, 0.5) is 0 Å². The molecule has 0 atom stereocenters. The smallest absolute Gasteiger partial charge is 0.303 e. The highest BCUT2D eigenvalue weighted by atomic mass is 16.4. The first-order chi connectivity index (χ1) is 8.13. The van der Waals surface area contributed by atoms with E-state index in [0.29, 0.717) is 12.8 Å². The SMILES string of the molecule is O=C(O)CC/C=C\C/C=C\CCCCC(=O)O. The summed E-state index contributed by atoms with van der Waals surface area (Å²) in [4.78, 5) is 20.4. The Balaban J connectivity index is 3.30. The Hall–Kier alpha value is -1.58. The van der Waals surface area contributed by atoms with Gasteiger partial charge in [0.1, 0.15) is 0 Å². The third-order valence-electron chi connectivity index (χ3n) is 2.14. The largest absolute Gasteiger partial charge is 0.481 e. The lowest BCUT2D eigenvalue weighted by molar-refractivity contribution is -0.138. The summed E-state index contributed by atoms with van der Waals surface area (Å²) in [7, 11) is 0. The van der Waals surface area contributed by atoms with Crippen LogP contribution in [0.15, 0.2) is 24.3 Å². The van der Waals surface area contributed by atoms with Gasteiger partial charge in [-0.25, -0.2) is 0 Å². The fourth-order valence-electron chi connectivity index (χ4n) is 1.25. The van der Waals surface area contributed by atoms with E-state index in [0.717, 1.165) is 19.3 Å². The number of hydrogen-bond donors (Lipinski definition) is 2. The molecule has 0 aromatic carbocycles. The number of carboxylic acids is 2. The number of carbonyl (C=O) groups is 2. The molecule has 17 heavy (non-hydrogen) atoms. The fourth-order valence-corrected chi connectivity index (χ4v) is 1.25. The minimum absolute atomic E-state index is 0.176. The van der Waals surface area contributed by atoms with Crippen LogP contribution in [0.3, 0.4) is 0 Å². The van der Waals surface area contributed by atoms with Crippen LogP contribution >= 0.6 is 0 Å². The first-order valence-corrected chi connectivity index (χ1v) is 5.86. The van der Waals surface area contributed by atoms with Gasteiger partial charge in [0.15, 0.2) is 0 Å². The van der Waals surface area contributed by atoms with E-state index in [1.54, 1.807) is 0 Å². The van der Waals surface area contributed by atoms with Crippen LogP contribution in [0.2, 0.25) is 0 Å². The van der Waals surface area contributed by atoms with Crippen molar-refractivity contribution in [1.29, 1.82) is 0 Å². The number of unbranched alkanes of at least 4 members (excludes halogenated alkanes) is 2. The molecule has 0 aliphatic heterocycles. The van der Waals surface area contributed by atoms with Crippen molar-refractivity contribution in [2.45, 2.75) is 44.9 Å². The molecule has 0 rings (SSSR count). The Morgan fingerprint density at radius 3 is 1.94 bits per heavy atom. The summed E-state index contributed by atoms with van der Waals surface area (Å²) in [5, 5.41) is 16.8. The van der Waals surface area contributed by atoms with E-state index in [1.165, 1.54) is 0 Å². The first kappa shape index (κ1) is 15.4.